The van der Waals surface area contributed by atoms with Crippen molar-refractivity contribution in [3.05, 3.63) is 22.2 Å². The molecule has 0 atom stereocenters. The van der Waals surface area contributed by atoms with E-state index >= 15 is 0 Å². The van der Waals surface area contributed by atoms with Crippen LogP contribution < -0.4 is 9.47 Å². The van der Waals surface area contributed by atoms with E-state index in [-0.39, 0.29) is 6.10 Å². The molecule has 1 aliphatic carbocycles. The molecule has 1 aliphatic rings. The van der Waals surface area contributed by atoms with E-state index in [9.17, 15) is 4.79 Å². The quantitative estimate of drug-likeness (QED) is 0.777. The SMILES string of the molecule is COc1cc(C=O)cc(Br)c1OC1CCC(C)CC1. The molecule has 1 fully saturated rings. The average Bonchev–Trinajstić information content (AvgIpc) is 2.43. The highest BCUT2D eigenvalue weighted by Gasteiger charge is 2.22. The Bertz CT molecular complexity index is 451. The molecule has 2 rings (SSSR count). The summed E-state index contributed by atoms with van der Waals surface area (Å²) in [5.74, 6) is 2.10. The zero-order valence-electron chi connectivity index (χ0n) is 11.3. The maximum absolute atomic E-state index is 10.8. The van der Waals surface area contributed by atoms with Crippen LogP contribution in [0.5, 0.6) is 11.5 Å². The van der Waals surface area contributed by atoms with Crippen LogP contribution >= 0.6 is 15.9 Å². The summed E-state index contributed by atoms with van der Waals surface area (Å²) in [5.41, 5.74) is 0.577. The zero-order valence-corrected chi connectivity index (χ0v) is 12.9. The molecule has 0 amide bonds. The second-order valence-corrected chi connectivity index (χ2v) is 6.01. The highest BCUT2D eigenvalue weighted by molar-refractivity contribution is 9.10. The predicted octanol–water partition coefficient (Wildman–Crippen LogP) is 4.23. The van der Waals surface area contributed by atoms with Gasteiger partial charge in [0, 0.05) is 5.56 Å². The Morgan fingerprint density at radius 1 is 1.26 bits per heavy atom. The van der Waals surface area contributed by atoms with Gasteiger partial charge in [-0.05, 0) is 59.7 Å². The Morgan fingerprint density at radius 3 is 2.53 bits per heavy atom. The topological polar surface area (TPSA) is 35.5 Å². The molecule has 4 heteroatoms. The monoisotopic (exact) mass is 326 g/mol. The smallest absolute Gasteiger partial charge is 0.175 e. The maximum atomic E-state index is 10.8. The number of hydrogen-bond acceptors (Lipinski definition) is 3. The Kier molecular flexibility index (Phi) is 4.86. The van der Waals surface area contributed by atoms with Crippen molar-refractivity contribution in [1.82, 2.24) is 0 Å². The van der Waals surface area contributed by atoms with Crippen LogP contribution in [0.4, 0.5) is 0 Å². The molecule has 1 aromatic carbocycles. The molecule has 19 heavy (non-hydrogen) atoms. The number of aldehydes is 1. The highest BCUT2D eigenvalue weighted by Crippen LogP contribution is 2.39. The molecule has 0 saturated heterocycles. The van der Waals surface area contributed by atoms with Crippen LogP contribution in [0.15, 0.2) is 16.6 Å². The lowest BCUT2D eigenvalue weighted by molar-refractivity contribution is 0.112. The summed E-state index contributed by atoms with van der Waals surface area (Å²) in [6, 6.07) is 3.47. The summed E-state index contributed by atoms with van der Waals surface area (Å²) in [7, 11) is 1.59. The van der Waals surface area contributed by atoms with Gasteiger partial charge in [-0.25, -0.2) is 0 Å². The van der Waals surface area contributed by atoms with Crippen LogP contribution in [0, 0.1) is 5.92 Å². The summed E-state index contributed by atoms with van der Waals surface area (Å²) in [6.07, 6.45) is 5.61. The number of methoxy groups -OCH3 is 1. The van der Waals surface area contributed by atoms with Crippen molar-refractivity contribution in [1.29, 1.82) is 0 Å². The summed E-state index contributed by atoms with van der Waals surface area (Å²) in [6.45, 7) is 2.28. The third kappa shape index (κ3) is 3.50. The van der Waals surface area contributed by atoms with E-state index in [1.165, 1.54) is 12.8 Å². The minimum absolute atomic E-state index is 0.239. The van der Waals surface area contributed by atoms with Gasteiger partial charge in [0.1, 0.15) is 6.29 Å². The normalized spacial score (nSPS) is 22.9. The molecule has 3 nitrogen and oxygen atoms in total. The third-order valence-corrected chi connectivity index (χ3v) is 4.22. The van der Waals surface area contributed by atoms with Crippen molar-refractivity contribution in [2.75, 3.05) is 7.11 Å². The first kappa shape index (κ1) is 14.4. The Balaban J connectivity index is 2.17. The van der Waals surface area contributed by atoms with Crippen LogP contribution in [0.2, 0.25) is 0 Å². The van der Waals surface area contributed by atoms with E-state index in [4.69, 9.17) is 9.47 Å². The van der Waals surface area contributed by atoms with Crippen molar-refractivity contribution in [2.45, 2.75) is 38.7 Å². The fourth-order valence-electron chi connectivity index (χ4n) is 2.44. The minimum Gasteiger partial charge on any atom is -0.493 e. The van der Waals surface area contributed by atoms with Crippen molar-refractivity contribution < 1.29 is 14.3 Å². The summed E-state index contributed by atoms with van der Waals surface area (Å²) in [4.78, 5) is 10.8. The standard InChI is InChI=1S/C15H19BrO3/c1-10-3-5-12(6-4-10)19-15-13(16)7-11(9-17)8-14(15)18-2/h7-10,12H,3-6H2,1-2H3. The van der Waals surface area contributed by atoms with Crippen molar-refractivity contribution in [3.8, 4) is 11.5 Å². The van der Waals surface area contributed by atoms with Crippen molar-refractivity contribution in [3.63, 3.8) is 0 Å². The second kappa shape index (κ2) is 6.42. The third-order valence-electron chi connectivity index (χ3n) is 3.64. The number of carbonyl (C=O) groups is 1. The van der Waals surface area contributed by atoms with Gasteiger partial charge in [-0.1, -0.05) is 6.92 Å². The van der Waals surface area contributed by atoms with Gasteiger partial charge in [0.2, 0.25) is 0 Å². The highest BCUT2D eigenvalue weighted by atomic mass is 79.9. The number of halogens is 1. The first-order chi connectivity index (χ1) is 9.13. The average molecular weight is 327 g/mol. The second-order valence-electron chi connectivity index (χ2n) is 5.15. The first-order valence-electron chi connectivity index (χ1n) is 6.63. The molecule has 0 N–H and O–H groups in total. The zero-order chi connectivity index (χ0) is 13.8. The fraction of sp³-hybridized carbons (Fsp3) is 0.533. The summed E-state index contributed by atoms with van der Waals surface area (Å²) < 4.78 is 12.2. The van der Waals surface area contributed by atoms with E-state index in [2.05, 4.69) is 22.9 Å². The van der Waals surface area contributed by atoms with E-state index < -0.39 is 0 Å². The van der Waals surface area contributed by atoms with E-state index in [0.717, 1.165) is 29.5 Å². The molecule has 0 aromatic heterocycles. The molecule has 0 spiro atoms. The van der Waals surface area contributed by atoms with Gasteiger partial charge in [0.15, 0.2) is 11.5 Å². The minimum atomic E-state index is 0.239. The molecule has 0 heterocycles. The lowest BCUT2D eigenvalue weighted by Crippen LogP contribution is -2.23. The Morgan fingerprint density at radius 2 is 1.95 bits per heavy atom. The first-order valence-corrected chi connectivity index (χ1v) is 7.42. The Labute approximate surface area is 122 Å². The molecule has 0 aliphatic heterocycles. The largest absolute Gasteiger partial charge is 0.493 e. The van der Waals surface area contributed by atoms with Crippen LogP contribution in [0.3, 0.4) is 0 Å². The molecule has 1 aromatic rings. The van der Waals surface area contributed by atoms with E-state index in [1.54, 1.807) is 19.2 Å². The van der Waals surface area contributed by atoms with Crippen LogP contribution in [-0.2, 0) is 0 Å². The lowest BCUT2D eigenvalue weighted by Gasteiger charge is -2.28. The van der Waals surface area contributed by atoms with Crippen molar-refractivity contribution in [2.24, 2.45) is 5.92 Å². The van der Waals surface area contributed by atoms with Gasteiger partial charge >= 0.3 is 0 Å². The van der Waals surface area contributed by atoms with Gasteiger partial charge in [-0.15, -0.1) is 0 Å². The van der Waals surface area contributed by atoms with E-state index in [0.29, 0.717) is 17.1 Å². The fourth-order valence-corrected chi connectivity index (χ4v) is 2.99. The number of ether oxygens (including phenoxy) is 2. The maximum Gasteiger partial charge on any atom is 0.175 e. The number of carbonyl (C=O) groups excluding carboxylic acids is 1. The van der Waals surface area contributed by atoms with Crippen LogP contribution in [-0.4, -0.2) is 19.5 Å². The summed E-state index contributed by atoms with van der Waals surface area (Å²) in [5, 5.41) is 0. The van der Waals surface area contributed by atoms with Crippen LogP contribution in [0.1, 0.15) is 43.0 Å². The number of rotatable bonds is 4. The molecule has 0 unspecified atom stereocenters. The molecule has 0 bridgehead atoms. The van der Waals surface area contributed by atoms with Gasteiger partial charge in [-0.3, -0.25) is 4.79 Å². The number of hydrogen-bond donors (Lipinski definition) is 0. The predicted molar refractivity (Wildman–Crippen MR) is 78.1 cm³/mol. The van der Waals surface area contributed by atoms with Gasteiger partial charge in [0.25, 0.3) is 0 Å². The van der Waals surface area contributed by atoms with Gasteiger partial charge in [0.05, 0.1) is 17.7 Å². The Hall–Kier alpha value is -1.03. The van der Waals surface area contributed by atoms with Gasteiger partial charge in [-0.2, -0.15) is 0 Å². The molecule has 104 valence electrons. The molecular formula is C15H19BrO3. The van der Waals surface area contributed by atoms with Crippen LogP contribution in [0.25, 0.3) is 0 Å². The molecule has 1 saturated carbocycles. The van der Waals surface area contributed by atoms with Crippen molar-refractivity contribution >= 4 is 22.2 Å². The summed E-state index contributed by atoms with van der Waals surface area (Å²) >= 11 is 3.45. The lowest BCUT2D eigenvalue weighted by atomic mass is 9.89. The van der Waals surface area contributed by atoms with E-state index in [1.807, 2.05) is 0 Å². The molecular weight excluding hydrogens is 308 g/mol. The number of benzene rings is 1. The van der Waals surface area contributed by atoms with Gasteiger partial charge < -0.3 is 9.47 Å². The molecule has 0 radical (unpaired) electrons.